The van der Waals surface area contributed by atoms with E-state index in [-0.39, 0.29) is 5.91 Å². The summed E-state index contributed by atoms with van der Waals surface area (Å²) in [6.07, 6.45) is 0.971. The summed E-state index contributed by atoms with van der Waals surface area (Å²) >= 11 is 1.58. The van der Waals surface area contributed by atoms with Crippen molar-refractivity contribution in [2.75, 3.05) is 42.9 Å². The van der Waals surface area contributed by atoms with Gasteiger partial charge in [-0.05, 0) is 66.8 Å². The van der Waals surface area contributed by atoms with Gasteiger partial charge in [0, 0.05) is 43.8 Å². The molecule has 1 fully saturated rings. The van der Waals surface area contributed by atoms with Crippen molar-refractivity contribution in [3.8, 4) is 5.69 Å². The van der Waals surface area contributed by atoms with E-state index in [1.165, 1.54) is 20.4 Å². The minimum atomic E-state index is -0.261. The van der Waals surface area contributed by atoms with Crippen LogP contribution in [0, 0.1) is 6.92 Å². The van der Waals surface area contributed by atoms with Crippen molar-refractivity contribution < 1.29 is 4.79 Å². The molecule has 0 unspecified atom stereocenters. The Morgan fingerprint density at radius 3 is 2.42 bits per heavy atom. The first-order valence-electron chi connectivity index (χ1n) is 12.9. The highest BCUT2D eigenvalue weighted by Crippen LogP contribution is 2.29. The zero-order valence-corrected chi connectivity index (χ0v) is 22.1. The normalized spacial score (nSPS) is 14.2. The van der Waals surface area contributed by atoms with Crippen LogP contribution < -0.4 is 10.2 Å². The zero-order chi connectivity index (χ0) is 25.9. The molecule has 1 saturated heterocycles. The van der Waals surface area contributed by atoms with Gasteiger partial charge in [-0.1, -0.05) is 42.5 Å². The zero-order valence-electron chi connectivity index (χ0n) is 21.2. The van der Waals surface area contributed by atoms with E-state index in [2.05, 4.69) is 61.7 Å². The number of nitrogens with one attached hydrogen (secondary N) is 1. The Morgan fingerprint density at radius 2 is 1.63 bits per heavy atom. The second-order valence-electron chi connectivity index (χ2n) is 9.49. The molecule has 5 aromatic rings. The van der Waals surface area contributed by atoms with Gasteiger partial charge in [-0.15, -0.1) is 5.10 Å². The van der Waals surface area contributed by atoms with E-state index in [0.717, 1.165) is 56.3 Å². The van der Waals surface area contributed by atoms with Gasteiger partial charge in [0.2, 0.25) is 0 Å². The van der Waals surface area contributed by atoms with Gasteiger partial charge < -0.3 is 10.2 Å². The summed E-state index contributed by atoms with van der Waals surface area (Å²) in [7, 11) is 0. The number of rotatable bonds is 7. The van der Waals surface area contributed by atoms with Crippen LogP contribution in [0.2, 0.25) is 0 Å². The summed E-state index contributed by atoms with van der Waals surface area (Å²) in [4.78, 5) is 19.3. The molecule has 0 aliphatic carbocycles. The van der Waals surface area contributed by atoms with E-state index in [9.17, 15) is 4.79 Å². The molecule has 1 aliphatic rings. The van der Waals surface area contributed by atoms with Crippen molar-refractivity contribution in [1.29, 1.82) is 0 Å². The SMILES string of the molecule is Cc1nn(-c2ccccc2)nc1C(=O)Nc1ccc(CCN2CCN(c3nsc4ccccc34)CC2)cc1. The van der Waals surface area contributed by atoms with E-state index in [4.69, 9.17) is 4.37 Å². The molecule has 38 heavy (non-hydrogen) atoms. The Kier molecular flexibility index (Phi) is 6.85. The van der Waals surface area contributed by atoms with Crippen LogP contribution in [-0.4, -0.2) is 62.9 Å². The van der Waals surface area contributed by atoms with E-state index in [1.807, 2.05) is 42.5 Å². The number of amides is 1. The van der Waals surface area contributed by atoms with E-state index < -0.39 is 0 Å². The number of aromatic nitrogens is 4. The van der Waals surface area contributed by atoms with Crippen LogP contribution in [0.15, 0.2) is 78.9 Å². The van der Waals surface area contributed by atoms with Gasteiger partial charge in [0.15, 0.2) is 5.69 Å². The Balaban J connectivity index is 1.00. The number of para-hydroxylation sites is 1. The van der Waals surface area contributed by atoms with Crippen LogP contribution in [0.5, 0.6) is 0 Å². The number of fused-ring (bicyclic) bond motifs is 1. The number of benzene rings is 3. The highest BCUT2D eigenvalue weighted by atomic mass is 32.1. The van der Waals surface area contributed by atoms with Gasteiger partial charge in [-0.2, -0.15) is 14.3 Å². The third-order valence-electron chi connectivity index (χ3n) is 6.94. The molecule has 9 heteroatoms. The lowest BCUT2D eigenvalue weighted by molar-refractivity contribution is 0.102. The molecule has 0 bridgehead atoms. The monoisotopic (exact) mass is 523 g/mol. The molecule has 8 nitrogen and oxygen atoms in total. The fraction of sp³-hybridized carbons (Fsp3) is 0.241. The van der Waals surface area contributed by atoms with Crippen LogP contribution in [0.25, 0.3) is 15.8 Å². The molecule has 2 aromatic heterocycles. The predicted octanol–water partition coefficient (Wildman–Crippen LogP) is 4.80. The Hall–Kier alpha value is -4.08. The summed E-state index contributed by atoms with van der Waals surface area (Å²) in [6, 6.07) is 26.1. The van der Waals surface area contributed by atoms with E-state index in [0.29, 0.717) is 11.4 Å². The van der Waals surface area contributed by atoms with Crippen LogP contribution >= 0.6 is 11.5 Å². The summed E-state index contributed by atoms with van der Waals surface area (Å²) in [5.41, 5.74) is 3.73. The quantitative estimate of drug-likeness (QED) is 0.330. The van der Waals surface area contributed by atoms with E-state index in [1.54, 1.807) is 18.5 Å². The second-order valence-corrected chi connectivity index (χ2v) is 10.3. The van der Waals surface area contributed by atoms with Crippen LogP contribution in [0.4, 0.5) is 11.5 Å². The fourth-order valence-corrected chi connectivity index (χ4v) is 5.58. The Morgan fingerprint density at radius 1 is 0.895 bits per heavy atom. The number of hydrogen-bond acceptors (Lipinski definition) is 7. The van der Waals surface area contributed by atoms with Crippen molar-refractivity contribution in [1.82, 2.24) is 24.3 Å². The number of carbonyl (C=O) groups is 1. The summed E-state index contributed by atoms with van der Waals surface area (Å²) in [5.74, 6) is 0.865. The Bertz CT molecular complexity index is 1540. The van der Waals surface area contributed by atoms with Crippen LogP contribution in [-0.2, 0) is 6.42 Å². The number of hydrogen-bond donors (Lipinski definition) is 1. The van der Waals surface area contributed by atoms with Crippen molar-refractivity contribution in [3.05, 3.63) is 95.8 Å². The lowest BCUT2D eigenvalue weighted by Gasteiger charge is -2.35. The molecule has 192 valence electrons. The maximum atomic E-state index is 12.8. The first kappa shape index (κ1) is 24.3. The number of nitrogens with zero attached hydrogens (tertiary/aromatic N) is 6. The molecule has 0 radical (unpaired) electrons. The molecule has 1 aliphatic heterocycles. The first-order valence-corrected chi connectivity index (χ1v) is 13.6. The molecule has 1 N–H and O–H groups in total. The molecule has 1 amide bonds. The molecular weight excluding hydrogens is 494 g/mol. The smallest absolute Gasteiger partial charge is 0.278 e. The van der Waals surface area contributed by atoms with Crippen LogP contribution in [0.3, 0.4) is 0 Å². The molecule has 0 spiro atoms. The first-order chi connectivity index (χ1) is 18.6. The summed E-state index contributed by atoms with van der Waals surface area (Å²) < 4.78 is 5.96. The highest BCUT2D eigenvalue weighted by molar-refractivity contribution is 7.13. The number of anilines is 2. The van der Waals surface area contributed by atoms with E-state index >= 15 is 0 Å². The fourth-order valence-electron chi connectivity index (χ4n) is 4.78. The molecule has 0 saturated carbocycles. The topological polar surface area (TPSA) is 79.2 Å². The van der Waals surface area contributed by atoms with Gasteiger partial charge in [0.1, 0.15) is 5.82 Å². The lowest BCUT2D eigenvalue weighted by atomic mass is 10.1. The highest BCUT2D eigenvalue weighted by Gasteiger charge is 2.21. The number of carbonyl (C=O) groups excluding carboxylic acids is 1. The average molecular weight is 524 g/mol. The standard InChI is InChI=1S/C29H29N7OS/c1-21-27(32-36(31-21)24-7-3-2-4-8-24)29(37)30-23-13-11-22(12-14-23)15-16-34-17-19-35(20-18-34)28-25-9-5-6-10-26(25)38-33-28/h2-14H,15-20H2,1H3,(H,30,37). The van der Waals surface area contributed by atoms with Crippen molar-refractivity contribution in [2.24, 2.45) is 0 Å². The minimum absolute atomic E-state index is 0.261. The Labute approximate surface area is 225 Å². The third kappa shape index (κ3) is 5.16. The van der Waals surface area contributed by atoms with Gasteiger partial charge in [0.25, 0.3) is 5.91 Å². The van der Waals surface area contributed by atoms with Gasteiger partial charge in [0.05, 0.1) is 16.1 Å². The number of aryl methyl sites for hydroxylation is 1. The van der Waals surface area contributed by atoms with Crippen molar-refractivity contribution in [3.63, 3.8) is 0 Å². The minimum Gasteiger partial charge on any atom is -0.353 e. The molecule has 3 aromatic carbocycles. The van der Waals surface area contributed by atoms with Crippen molar-refractivity contribution >= 4 is 39.0 Å². The molecule has 0 atom stereocenters. The second kappa shape index (κ2) is 10.7. The van der Waals surface area contributed by atoms with Gasteiger partial charge in [-0.25, -0.2) is 0 Å². The average Bonchev–Trinajstić information content (AvgIpc) is 3.57. The molecule has 3 heterocycles. The summed E-state index contributed by atoms with van der Waals surface area (Å²) in [6.45, 7) is 6.86. The third-order valence-corrected chi connectivity index (χ3v) is 7.76. The maximum absolute atomic E-state index is 12.8. The van der Waals surface area contributed by atoms with Crippen LogP contribution in [0.1, 0.15) is 21.7 Å². The molecule has 6 rings (SSSR count). The maximum Gasteiger partial charge on any atom is 0.278 e. The summed E-state index contributed by atoms with van der Waals surface area (Å²) in [5, 5.41) is 13.0. The number of piperazine rings is 1. The molecular formula is C29H29N7OS. The predicted molar refractivity (Wildman–Crippen MR) is 152 cm³/mol. The largest absolute Gasteiger partial charge is 0.353 e. The van der Waals surface area contributed by atoms with Gasteiger partial charge in [-0.3, -0.25) is 9.69 Å². The van der Waals surface area contributed by atoms with Crippen molar-refractivity contribution in [2.45, 2.75) is 13.3 Å². The van der Waals surface area contributed by atoms with Gasteiger partial charge >= 0.3 is 0 Å². The lowest BCUT2D eigenvalue weighted by Crippen LogP contribution is -2.47.